The van der Waals surface area contributed by atoms with Gasteiger partial charge in [-0.05, 0) is 49.9 Å². The molecule has 1 heterocycles. The van der Waals surface area contributed by atoms with Crippen molar-refractivity contribution in [2.24, 2.45) is 0 Å². The standard InChI is InChI=1S/C30H43N3O6S2/c1-5-7-14-30(4,6-2)40-19-27(36)31-17-26(35)32-25(12-13-28(37)38)29(39)33-24-11-9-21(15-22(24)18-34)16-23-10-8-20(3)41-23/h8-11,15,25,34H,5-7,12-14,16-19H2,1-4H3,(H,31,36)(H,32,35)(H,33,39)(H,37,38)/t25-,30?/m0/s1. The van der Waals surface area contributed by atoms with Crippen LogP contribution in [0, 0.1) is 6.92 Å². The number of anilines is 1. The summed E-state index contributed by atoms with van der Waals surface area (Å²) in [6.45, 7) is 7.77. The Morgan fingerprint density at radius 3 is 2.46 bits per heavy atom. The summed E-state index contributed by atoms with van der Waals surface area (Å²) in [6.07, 6.45) is 4.33. The smallest absolute Gasteiger partial charge is 0.303 e. The number of hydrogen-bond donors (Lipinski definition) is 5. The van der Waals surface area contributed by atoms with Gasteiger partial charge in [0, 0.05) is 38.6 Å². The van der Waals surface area contributed by atoms with Gasteiger partial charge >= 0.3 is 5.97 Å². The highest BCUT2D eigenvalue weighted by Crippen LogP contribution is 2.33. The van der Waals surface area contributed by atoms with Gasteiger partial charge in [-0.25, -0.2) is 0 Å². The number of thioether (sulfide) groups is 1. The topological polar surface area (TPSA) is 145 Å². The number of carbonyl (C=O) groups excluding carboxylic acids is 3. The third-order valence-corrected chi connectivity index (χ3v) is 9.47. The number of aliphatic hydroxyl groups excluding tert-OH is 1. The molecule has 0 fully saturated rings. The number of unbranched alkanes of at least 4 members (excludes halogenated alkanes) is 1. The number of rotatable bonds is 18. The maximum atomic E-state index is 13.1. The quantitative estimate of drug-likeness (QED) is 0.167. The molecule has 1 unspecified atom stereocenters. The zero-order valence-corrected chi connectivity index (χ0v) is 26.0. The average molecular weight is 606 g/mol. The van der Waals surface area contributed by atoms with Gasteiger partial charge in [0.1, 0.15) is 6.04 Å². The van der Waals surface area contributed by atoms with Crippen molar-refractivity contribution in [3.8, 4) is 0 Å². The number of aryl methyl sites for hydroxylation is 1. The van der Waals surface area contributed by atoms with E-state index < -0.39 is 23.8 Å². The number of thiophene rings is 1. The SMILES string of the molecule is CCCCC(C)(CC)SCC(=O)NCC(=O)N[C@@H](CCC(=O)O)C(=O)Nc1ccc(Cc2ccc(C)s2)cc1CO. The zero-order chi connectivity index (χ0) is 30.4. The van der Waals surface area contributed by atoms with Crippen LogP contribution in [0.1, 0.15) is 80.2 Å². The molecule has 1 aromatic heterocycles. The lowest BCUT2D eigenvalue weighted by Gasteiger charge is -2.27. The summed E-state index contributed by atoms with van der Waals surface area (Å²) in [5, 5.41) is 26.9. The van der Waals surface area contributed by atoms with Gasteiger partial charge in [-0.2, -0.15) is 0 Å². The molecule has 2 aromatic rings. The summed E-state index contributed by atoms with van der Waals surface area (Å²) >= 11 is 3.26. The molecule has 0 spiro atoms. The lowest BCUT2D eigenvalue weighted by molar-refractivity contribution is -0.137. The molecule has 0 radical (unpaired) electrons. The molecule has 5 N–H and O–H groups in total. The highest BCUT2D eigenvalue weighted by atomic mass is 32.2. The van der Waals surface area contributed by atoms with Crippen molar-refractivity contribution in [1.29, 1.82) is 0 Å². The van der Waals surface area contributed by atoms with Gasteiger partial charge in [0.05, 0.1) is 18.9 Å². The monoisotopic (exact) mass is 605 g/mol. The zero-order valence-electron chi connectivity index (χ0n) is 24.4. The Morgan fingerprint density at radius 2 is 1.85 bits per heavy atom. The third-order valence-electron chi connectivity index (χ3n) is 6.88. The summed E-state index contributed by atoms with van der Waals surface area (Å²) in [5.74, 6) is -2.36. The second kappa shape index (κ2) is 17.2. The van der Waals surface area contributed by atoms with E-state index >= 15 is 0 Å². The number of carboxylic acids is 1. The van der Waals surface area contributed by atoms with E-state index in [0.717, 1.165) is 31.2 Å². The summed E-state index contributed by atoms with van der Waals surface area (Å²) < 4.78 is -0.00968. The Labute approximate surface area is 250 Å². The number of aliphatic hydroxyl groups is 1. The van der Waals surface area contributed by atoms with Crippen LogP contribution in [-0.4, -0.2) is 57.0 Å². The van der Waals surface area contributed by atoms with E-state index in [1.807, 2.05) is 25.1 Å². The number of nitrogens with one attached hydrogen (secondary N) is 3. The highest BCUT2D eigenvalue weighted by molar-refractivity contribution is 8.01. The minimum Gasteiger partial charge on any atom is -0.481 e. The molecule has 3 amide bonds. The summed E-state index contributed by atoms with van der Waals surface area (Å²) in [4.78, 5) is 51.6. The van der Waals surface area contributed by atoms with E-state index in [1.54, 1.807) is 29.2 Å². The summed E-state index contributed by atoms with van der Waals surface area (Å²) in [5.41, 5.74) is 1.86. The molecular formula is C30H43N3O6S2. The van der Waals surface area contributed by atoms with Gasteiger partial charge in [-0.15, -0.1) is 23.1 Å². The largest absolute Gasteiger partial charge is 0.481 e. The molecule has 2 rings (SSSR count). The second-order valence-corrected chi connectivity index (χ2v) is 13.3. The minimum atomic E-state index is -1.14. The third kappa shape index (κ3) is 12.2. The van der Waals surface area contributed by atoms with E-state index in [9.17, 15) is 24.3 Å². The molecule has 0 saturated heterocycles. The molecule has 0 saturated carbocycles. The van der Waals surface area contributed by atoms with Crippen LogP contribution >= 0.6 is 23.1 Å². The van der Waals surface area contributed by atoms with Crippen molar-refractivity contribution in [3.63, 3.8) is 0 Å². The first kappa shape index (κ1) is 34.3. The number of carbonyl (C=O) groups is 4. The Balaban J connectivity index is 1.98. The molecule has 11 heteroatoms. The highest BCUT2D eigenvalue weighted by Gasteiger charge is 2.25. The molecule has 0 aliphatic carbocycles. The van der Waals surface area contributed by atoms with Crippen LogP contribution in [0.3, 0.4) is 0 Å². The van der Waals surface area contributed by atoms with Crippen molar-refractivity contribution in [3.05, 3.63) is 51.2 Å². The first-order valence-corrected chi connectivity index (χ1v) is 15.8. The first-order valence-electron chi connectivity index (χ1n) is 14.0. The Morgan fingerprint density at radius 1 is 1.10 bits per heavy atom. The van der Waals surface area contributed by atoms with Crippen LogP contribution in [0.4, 0.5) is 5.69 Å². The maximum Gasteiger partial charge on any atom is 0.303 e. The molecule has 0 aliphatic heterocycles. The van der Waals surface area contributed by atoms with Crippen LogP contribution < -0.4 is 16.0 Å². The van der Waals surface area contributed by atoms with Crippen LogP contribution in [0.15, 0.2) is 30.3 Å². The van der Waals surface area contributed by atoms with Gasteiger partial charge in [0.2, 0.25) is 17.7 Å². The van der Waals surface area contributed by atoms with Crippen molar-refractivity contribution in [2.45, 2.75) is 90.0 Å². The number of amides is 3. The van der Waals surface area contributed by atoms with Gasteiger partial charge in [0.15, 0.2) is 0 Å². The molecule has 9 nitrogen and oxygen atoms in total. The van der Waals surface area contributed by atoms with Crippen LogP contribution in [-0.2, 0) is 32.2 Å². The molecular weight excluding hydrogens is 562 g/mol. The fraction of sp³-hybridized carbons (Fsp3) is 0.533. The molecule has 226 valence electrons. The van der Waals surface area contributed by atoms with Gasteiger partial charge in [0.25, 0.3) is 0 Å². The summed E-state index contributed by atoms with van der Waals surface area (Å²) in [6, 6.07) is 8.33. The molecule has 2 atom stereocenters. The number of aliphatic carboxylic acids is 1. The Hall–Kier alpha value is -2.89. The molecule has 1 aromatic carbocycles. The maximum absolute atomic E-state index is 13.1. The van der Waals surface area contributed by atoms with Crippen LogP contribution in [0.2, 0.25) is 0 Å². The number of benzene rings is 1. The molecule has 41 heavy (non-hydrogen) atoms. The fourth-order valence-corrected chi connectivity index (χ4v) is 6.16. The second-order valence-electron chi connectivity index (χ2n) is 10.4. The van der Waals surface area contributed by atoms with Crippen molar-refractivity contribution >= 4 is 52.5 Å². The van der Waals surface area contributed by atoms with E-state index in [0.29, 0.717) is 17.7 Å². The van der Waals surface area contributed by atoms with E-state index in [1.165, 1.54) is 9.75 Å². The normalized spacial score (nSPS) is 13.2. The van der Waals surface area contributed by atoms with Crippen LogP contribution in [0.5, 0.6) is 0 Å². The summed E-state index contributed by atoms with van der Waals surface area (Å²) in [7, 11) is 0. The lowest BCUT2D eigenvalue weighted by Crippen LogP contribution is -2.48. The molecule has 0 bridgehead atoms. The van der Waals surface area contributed by atoms with Crippen molar-refractivity contribution < 1.29 is 29.4 Å². The minimum absolute atomic E-state index is 0.00968. The Kier molecular flexibility index (Phi) is 14.4. The van der Waals surface area contributed by atoms with Gasteiger partial charge < -0.3 is 26.2 Å². The van der Waals surface area contributed by atoms with Crippen LogP contribution in [0.25, 0.3) is 0 Å². The van der Waals surface area contributed by atoms with E-state index in [2.05, 4.69) is 42.8 Å². The Bertz CT molecular complexity index is 1180. The predicted molar refractivity (Wildman–Crippen MR) is 165 cm³/mol. The average Bonchev–Trinajstić information content (AvgIpc) is 3.36. The molecule has 0 aliphatic rings. The van der Waals surface area contributed by atoms with Crippen molar-refractivity contribution in [2.75, 3.05) is 17.6 Å². The number of carboxylic acid groups (broad SMARTS) is 1. The van der Waals surface area contributed by atoms with Gasteiger partial charge in [-0.1, -0.05) is 45.7 Å². The first-order chi connectivity index (χ1) is 19.5. The lowest BCUT2D eigenvalue weighted by atomic mass is 10.0. The number of hydrogen-bond acceptors (Lipinski definition) is 7. The fourth-order valence-electron chi connectivity index (χ4n) is 4.16. The predicted octanol–water partition coefficient (Wildman–Crippen LogP) is 4.64. The van der Waals surface area contributed by atoms with E-state index in [4.69, 9.17) is 5.11 Å². The van der Waals surface area contributed by atoms with Gasteiger partial charge in [-0.3, -0.25) is 19.2 Å². The van der Waals surface area contributed by atoms with E-state index in [-0.39, 0.29) is 42.4 Å². The van der Waals surface area contributed by atoms with Crippen molar-refractivity contribution in [1.82, 2.24) is 10.6 Å².